The summed E-state index contributed by atoms with van der Waals surface area (Å²) in [7, 11) is 0. The Morgan fingerprint density at radius 3 is 2.60 bits per heavy atom. The van der Waals surface area contributed by atoms with E-state index < -0.39 is 11.8 Å². The predicted octanol–water partition coefficient (Wildman–Crippen LogP) is 0.983. The normalized spacial score (nSPS) is 27.7. The average Bonchev–Trinajstić information content (AvgIpc) is 2.57. The van der Waals surface area contributed by atoms with E-state index in [2.05, 4.69) is 16.0 Å². The van der Waals surface area contributed by atoms with Crippen molar-refractivity contribution in [2.24, 2.45) is 10.9 Å². The molecule has 1 aliphatic heterocycles. The van der Waals surface area contributed by atoms with Crippen molar-refractivity contribution in [3.63, 3.8) is 0 Å². The summed E-state index contributed by atoms with van der Waals surface area (Å²) in [5, 5.41) is 2.72. The Kier molecular flexibility index (Phi) is 5.24. The lowest BCUT2D eigenvalue weighted by Gasteiger charge is -2.31. The van der Waals surface area contributed by atoms with Gasteiger partial charge >= 0.3 is 0 Å². The number of anilines is 1. The number of carbonyl (C=O) groups excluding carboxylic acids is 2. The summed E-state index contributed by atoms with van der Waals surface area (Å²) in [6, 6.07) is 7.76. The molecule has 3 rings (SSSR count). The molecule has 1 saturated carbocycles. The van der Waals surface area contributed by atoms with E-state index in [1.165, 1.54) is 17.5 Å². The molecule has 0 spiro atoms. The lowest BCUT2D eigenvalue weighted by Crippen LogP contribution is -2.66. The van der Waals surface area contributed by atoms with E-state index in [4.69, 9.17) is 12.2 Å². The lowest BCUT2D eigenvalue weighted by molar-refractivity contribution is -0.428. The number of quaternary nitrogens is 1. The van der Waals surface area contributed by atoms with Crippen LogP contribution in [0.15, 0.2) is 29.3 Å². The van der Waals surface area contributed by atoms with Crippen LogP contribution in [0.2, 0.25) is 0 Å². The van der Waals surface area contributed by atoms with Crippen LogP contribution in [0.1, 0.15) is 31.2 Å². The lowest BCUT2D eigenvalue weighted by atomic mass is 9.91. The van der Waals surface area contributed by atoms with Crippen LogP contribution in [0.5, 0.6) is 0 Å². The number of amides is 2. The molecule has 132 valence electrons. The van der Waals surface area contributed by atoms with Gasteiger partial charge in [0.05, 0.1) is 5.69 Å². The van der Waals surface area contributed by atoms with Gasteiger partial charge in [-0.25, -0.2) is 0 Å². The SMILES string of the molecule is Cc1ccc(N2C(=O)[C@H](C=N[C@@H]3CCCC[C@@H]3[NH3+])C(=O)NC2=S)cc1. The van der Waals surface area contributed by atoms with Gasteiger partial charge in [0.2, 0.25) is 5.91 Å². The zero-order valence-electron chi connectivity index (χ0n) is 14.3. The van der Waals surface area contributed by atoms with Gasteiger partial charge in [0.1, 0.15) is 12.1 Å². The molecule has 2 aliphatic rings. The van der Waals surface area contributed by atoms with Crippen molar-refractivity contribution in [3.05, 3.63) is 29.8 Å². The summed E-state index contributed by atoms with van der Waals surface area (Å²) in [4.78, 5) is 31.0. The van der Waals surface area contributed by atoms with Crippen molar-refractivity contribution in [3.8, 4) is 0 Å². The highest BCUT2D eigenvalue weighted by atomic mass is 32.1. The van der Waals surface area contributed by atoms with Crippen molar-refractivity contribution in [1.29, 1.82) is 0 Å². The van der Waals surface area contributed by atoms with Gasteiger partial charge in [-0.1, -0.05) is 24.1 Å². The summed E-state index contributed by atoms with van der Waals surface area (Å²) < 4.78 is 0. The minimum absolute atomic E-state index is 0.0797. The van der Waals surface area contributed by atoms with Crippen molar-refractivity contribution in [2.45, 2.75) is 44.7 Å². The third-order valence-electron chi connectivity index (χ3n) is 4.79. The summed E-state index contributed by atoms with van der Waals surface area (Å²) in [5.41, 5.74) is 5.86. The molecule has 1 aliphatic carbocycles. The van der Waals surface area contributed by atoms with E-state index in [1.807, 2.05) is 31.2 Å². The topological polar surface area (TPSA) is 89.4 Å². The summed E-state index contributed by atoms with van der Waals surface area (Å²) in [6.45, 7) is 1.97. The molecule has 0 unspecified atom stereocenters. The number of hydrogen-bond acceptors (Lipinski definition) is 4. The number of nitrogens with one attached hydrogen (secondary N) is 1. The number of carbonyl (C=O) groups is 2. The number of hydrogen-bond donors (Lipinski definition) is 2. The number of rotatable bonds is 3. The molecule has 1 aromatic carbocycles. The molecule has 7 heteroatoms. The van der Waals surface area contributed by atoms with Crippen LogP contribution < -0.4 is 16.0 Å². The quantitative estimate of drug-likeness (QED) is 0.479. The van der Waals surface area contributed by atoms with Crippen molar-refractivity contribution in [2.75, 3.05) is 4.90 Å². The number of thiocarbonyl (C=S) groups is 1. The number of nitrogens with zero attached hydrogens (tertiary/aromatic N) is 2. The first-order valence-electron chi connectivity index (χ1n) is 8.59. The fourth-order valence-electron chi connectivity index (χ4n) is 3.24. The molecular formula is C18H23N4O2S+. The highest BCUT2D eigenvalue weighted by molar-refractivity contribution is 7.80. The van der Waals surface area contributed by atoms with Crippen molar-refractivity contribution >= 4 is 41.0 Å². The molecule has 4 N–H and O–H groups in total. The van der Waals surface area contributed by atoms with E-state index in [-0.39, 0.29) is 23.1 Å². The molecule has 1 saturated heterocycles. The second kappa shape index (κ2) is 7.41. The van der Waals surface area contributed by atoms with Gasteiger partial charge in [-0.3, -0.25) is 19.5 Å². The van der Waals surface area contributed by atoms with E-state index in [9.17, 15) is 9.59 Å². The molecule has 6 nitrogen and oxygen atoms in total. The maximum absolute atomic E-state index is 12.9. The predicted molar refractivity (Wildman–Crippen MR) is 100 cm³/mol. The molecule has 0 aromatic heterocycles. The largest absolute Gasteiger partial charge is 0.353 e. The first-order valence-corrected chi connectivity index (χ1v) is 9.00. The van der Waals surface area contributed by atoms with Gasteiger partial charge in [-0.2, -0.15) is 0 Å². The molecule has 0 bridgehead atoms. The Morgan fingerprint density at radius 1 is 1.24 bits per heavy atom. The first kappa shape index (κ1) is 17.7. The number of benzene rings is 1. The molecule has 0 radical (unpaired) electrons. The van der Waals surface area contributed by atoms with E-state index in [0.717, 1.165) is 24.8 Å². The van der Waals surface area contributed by atoms with Crippen LogP contribution in [-0.4, -0.2) is 35.2 Å². The minimum Gasteiger partial charge on any atom is -0.353 e. The second-order valence-electron chi connectivity index (χ2n) is 6.69. The van der Waals surface area contributed by atoms with Crippen LogP contribution in [0, 0.1) is 12.8 Å². The Balaban J connectivity index is 1.81. The van der Waals surface area contributed by atoms with Gasteiger partial charge < -0.3 is 11.1 Å². The van der Waals surface area contributed by atoms with E-state index in [1.54, 1.807) is 0 Å². The second-order valence-corrected chi connectivity index (χ2v) is 7.08. The summed E-state index contributed by atoms with van der Waals surface area (Å²) in [5.74, 6) is -1.74. The summed E-state index contributed by atoms with van der Waals surface area (Å²) in [6.07, 6.45) is 5.74. The maximum Gasteiger partial charge on any atom is 0.251 e. The van der Waals surface area contributed by atoms with Gasteiger partial charge in [0.15, 0.2) is 11.0 Å². The van der Waals surface area contributed by atoms with Crippen molar-refractivity contribution < 1.29 is 15.3 Å². The van der Waals surface area contributed by atoms with Crippen LogP contribution in [0.3, 0.4) is 0 Å². The average molecular weight is 359 g/mol. The van der Waals surface area contributed by atoms with Crippen molar-refractivity contribution in [1.82, 2.24) is 5.32 Å². The summed E-state index contributed by atoms with van der Waals surface area (Å²) >= 11 is 5.20. The first-order chi connectivity index (χ1) is 12.0. The van der Waals surface area contributed by atoms with Crippen LogP contribution in [-0.2, 0) is 9.59 Å². The highest BCUT2D eigenvalue weighted by Gasteiger charge is 2.38. The smallest absolute Gasteiger partial charge is 0.251 e. The standard InChI is InChI=1S/C18H22N4O2S/c1-11-6-8-12(9-7-11)22-17(24)13(16(23)21-18(22)25)10-20-15-5-3-2-4-14(15)19/h6-10,13-15H,2-5,19H2,1H3,(H,21,23,25)/p+1/t13-,14+,15-/m1/s1. The third kappa shape index (κ3) is 3.77. The zero-order valence-corrected chi connectivity index (χ0v) is 15.1. The number of aliphatic imine (C=N–C) groups is 1. The van der Waals surface area contributed by atoms with Gasteiger partial charge in [-0.05, 0) is 44.1 Å². The minimum atomic E-state index is -0.956. The van der Waals surface area contributed by atoms with Gasteiger partial charge in [-0.15, -0.1) is 0 Å². The Labute approximate surface area is 152 Å². The van der Waals surface area contributed by atoms with E-state index in [0.29, 0.717) is 5.69 Å². The molecule has 2 amide bonds. The molecule has 25 heavy (non-hydrogen) atoms. The Morgan fingerprint density at radius 2 is 1.92 bits per heavy atom. The molecular weight excluding hydrogens is 336 g/mol. The monoisotopic (exact) mass is 359 g/mol. The van der Waals surface area contributed by atoms with Crippen LogP contribution in [0.4, 0.5) is 5.69 Å². The van der Waals surface area contributed by atoms with Crippen LogP contribution >= 0.6 is 12.2 Å². The fourth-order valence-corrected chi connectivity index (χ4v) is 3.54. The third-order valence-corrected chi connectivity index (χ3v) is 5.07. The molecule has 3 atom stereocenters. The fraction of sp³-hybridized carbons (Fsp3) is 0.444. The molecule has 2 fully saturated rings. The van der Waals surface area contributed by atoms with Gasteiger partial charge in [0, 0.05) is 12.6 Å². The van der Waals surface area contributed by atoms with E-state index >= 15 is 0 Å². The molecule has 1 aromatic rings. The van der Waals surface area contributed by atoms with Gasteiger partial charge in [0.25, 0.3) is 5.91 Å². The zero-order chi connectivity index (χ0) is 18.0. The maximum atomic E-state index is 12.9. The Bertz CT molecular complexity index is 716. The highest BCUT2D eigenvalue weighted by Crippen LogP contribution is 2.22. The van der Waals surface area contributed by atoms with Crippen LogP contribution in [0.25, 0.3) is 0 Å². The Hall–Kier alpha value is -2.12. The number of aryl methyl sites for hydroxylation is 1. The molecule has 1 heterocycles.